The molecule has 6 nitrogen and oxygen atoms in total. The molecule has 8 heteroatoms. The van der Waals surface area contributed by atoms with Crippen LogP contribution in [0.2, 0.25) is 0 Å². The summed E-state index contributed by atoms with van der Waals surface area (Å²) in [6.07, 6.45) is 1.71. The molecule has 0 aliphatic carbocycles. The number of aromatic nitrogens is 1. The van der Waals surface area contributed by atoms with Crippen molar-refractivity contribution in [1.82, 2.24) is 4.98 Å². The first kappa shape index (κ1) is 17.1. The van der Waals surface area contributed by atoms with Gasteiger partial charge in [-0.3, -0.25) is 10.1 Å². The molecule has 3 aromatic rings. The number of para-hydroxylation sites is 1. The first-order valence-electron chi connectivity index (χ1n) is 7.17. The summed E-state index contributed by atoms with van der Waals surface area (Å²) in [6, 6.07) is 13.8. The number of benzene rings is 2. The zero-order valence-corrected chi connectivity index (χ0v) is 14.4. The van der Waals surface area contributed by atoms with Crippen LogP contribution in [0, 0.1) is 10.1 Å². The average molecular weight is 371 g/mol. The Labute approximate surface area is 151 Å². The van der Waals surface area contributed by atoms with Crippen LogP contribution in [0.3, 0.4) is 0 Å². The Morgan fingerprint density at radius 3 is 2.76 bits per heavy atom. The molecular formula is C17H11N2O4S2-. The van der Waals surface area contributed by atoms with E-state index in [1.165, 1.54) is 23.5 Å². The van der Waals surface area contributed by atoms with E-state index in [2.05, 4.69) is 4.98 Å². The number of thioether (sulfide) groups is 1. The number of aliphatic carboxylic acids is 1. The van der Waals surface area contributed by atoms with E-state index in [1.807, 2.05) is 24.3 Å². The molecule has 0 radical (unpaired) electrons. The standard InChI is InChI=1S/C17H12N2O4S2/c20-16(21)10-24-15(9-11-4-3-5-12(8-11)19(22)23)17-18-13-6-1-2-7-14(13)25-17/h1-9H,10H2,(H,20,21)/p-1/b15-9-. The van der Waals surface area contributed by atoms with Crippen LogP contribution < -0.4 is 5.11 Å². The Balaban J connectivity index is 2.03. The lowest BCUT2D eigenvalue weighted by Crippen LogP contribution is -2.24. The molecule has 0 fully saturated rings. The maximum absolute atomic E-state index is 10.9. The highest BCUT2D eigenvalue weighted by Gasteiger charge is 2.11. The van der Waals surface area contributed by atoms with Crippen molar-refractivity contribution in [3.05, 3.63) is 69.2 Å². The van der Waals surface area contributed by atoms with Crippen LogP contribution in [0.15, 0.2) is 48.5 Å². The normalized spacial score (nSPS) is 11.6. The smallest absolute Gasteiger partial charge is 0.270 e. The predicted molar refractivity (Wildman–Crippen MR) is 98.1 cm³/mol. The number of nitro benzene ring substituents is 1. The molecule has 0 bridgehead atoms. The quantitative estimate of drug-likeness (QED) is 0.488. The number of nitro groups is 1. The first-order chi connectivity index (χ1) is 12.0. The van der Waals surface area contributed by atoms with Crippen LogP contribution in [-0.2, 0) is 4.79 Å². The Kier molecular flexibility index (Phi) is 5.11. The van der Waals surface area contributed by atoms with Crippen molar-refractivity contribution >= 4 is 56.0 Å². The molecule has 0 saturated heterocycles. The van der Waals surface area contributed by atoms with Crippen LogP contribution in [0.25, 0.3) is 21.2 Å². The van der Waals surface area contributed by atoms with Gasteiger partial charge in [-0.15, -0.1) is 23.1 Å². The van der Waals surface area contributed by atoms with Gasteiger partial charge in [-0.05, 0) is 23.8 Å². The van der Waals surface area contributed by atoms with Crippen molar-refractivity contribution < 1.29 is 14.8 Å². The van der Waals surface area contributed by atoms with Gasteiger partial charge in [0.2, 0.25) is 0 Å². The predicted octanol–water partition coefficient (Wildman–Crippen LogP) is 3.19. The largest absolute Gasteiger partial charge is 0.549 e. The van der Waals surface area contributed by atoms with Crippen LogP contribution >= 0.6 is 23.1 Å². The van der Waals surface area contributed by atoms with Gasteiger partial charge in [0.05, 0.1) is 21.1 Å². The SMILES string of the molecule is O=C([O-])CS/C(=C\c1cccc([N+](=O)[O-])c1)c1nc2ccccc2s1. The number of carboxylic acid groups (broad SMARTS) is 1. The third-order valence-electron chi connectivity index (χ3n) is 3.23. The maximum Gasteiger partial charge on any atom is 0.270 e. The number of fused-ring (bicyclic) bond motifs is 1. The summed E-state index contributed by atoms with van der Waals surface area (Å²) in [7, 11) is 0. The van der Waals surface area contributed by atoms with E-state index in [-0.39, 0.29) is 11.4 Å². The molecule has 25 heavy (non-hydrogen) atoms. The van der Waals surface area contributed by atoms with E-state index in [0.717, 1.165) is 22.0 Å². The van der Waals surface area contributed by atoms with Crippen LogP contribution in [0.1, 0.15) is 10.6 Å². The van der Waals surface area contributed by atoms with E-state index >= 15 is 0 Å². The van der Waals surface area contributed by atoms with Gasteiger partial charge in [0, 0.05) is 22.8 Å². The lowest BCUT2D eigenvalue weighted by molar-refractivity contribution is -0.384. The van der Waals surface area contributed by atoms with Crippen molar-refractivity contribution in [1.29, 1.82) is 0 Å². The molecule has 0 spiro atoms. The zero-order chi connectivity index (χ0) is 17.8. The third kappa shape index (κ3) is 4.23. The van der Waals surface area contributed by atoms with Gasteiger partial charge in [0.15, 0.2) is 0 Å². The van der Waals surface area contributed by atoms with E-state index in [9.17, 15) is 20.0 Å². The van der Waals surface area contributed by atoms with Gasteiger partial charge in [-0.1, -0.05) is 24.3 Å². The molecule has 0 N–H and O–H groups in total. The van der Waals surface area contributed by atoms with Crippen LogP contribution in [0.5, 0.6) is 0 Å². The highest BCUT2D eigenvalue weighted by atomic mass is 32.2. The van der Waals surface area contributed by atoms with Gasteiger partial charge < -0.3 is 9.90 Å². The Morgan fingerprint density at radius 1 is 1.24 bits per heavy atom. The number of nitrogens with zero attached hydrogens (tertiary/aromatic N) is 2. The molecule has 0 amide bonds. The van der Waals surface area contributed by atoms with E-state index in [1.54, 1.807) is 18.2 Å². The Hall–Kier alpha value is -2.71. The number of carbonyl (C=O) groups is 1. The van der Waals surface area contributed by atoms with Crippen molar-refractivity contribution in [2.24, 2.45) is 0 Å². The minimum Gasteiger partial charge on any atom is -0.549 e. The van der Waals surface area contributed by atoms with Crippen molar-refractivity contribution in [3.63, 3.8) is 0 Å². The molecular weight excluding hydrogens is 360 g/mol. The molecule has 0 aliphatic heterocycles. The van der Waals surface area contributed by atoms with Gasteiger partial charge in [-0.25, -0.2) is 4.98 Å². The van der Waals surface area contributed by atoms with Crippen molar-refractivity contribution in [3.8, 4) is 0 Å². The number of carboxylic acids is 1. The average Bonchev–Trinajstić information content (AvgIpc) is 3.02. The van der Waals surface area contributed by atoms with E-state index in [4.69, 9.17) is 0 Å². The summed E-state index contributed by atoms with van der Waals surface area (Å²) < 4.78 is 0.983. The second-order valence-electron chi connectivity index (χ2n) is 5.01. The molecule has 0 atom stereocenters. The van der Waals surface area contributed by atoms with Gasteiger partial charge in [0.25, 0.3) is 5.69 Å². The van der Waals surface area contributed by atoms with Crippen LogP contribution in [0.4, 0.5) is 5.69 Å². The minimum absolute atomic E-state index is 0.0256. The third-order valence-corrected chi connectivity index (χ3v) is 5.43. The molecule has 3 rings (SSSR count). The fourth-order valence-corrected chi connectivity index (χ4v) is 4.00. The van der Waals surface area contributed by atoms with Crippen molar-refractivity contribution in [2.45, 2.75) is 0 Å². The van der Waals surface area contributed by atoms with E-state index < -0.39 is 10.9 Å². The fraction of sp³-hybridized carbons (Fsp3) is 0.0588. The first-order valence-corrected chi connectivity index (χ1v) is 8.98. The summed E-state index contributed by atoms with van der Waals surface area (Å²) in [5, 5.41) is 22.4. The Morgan fingerprint density at radius 2 is 2.04 bits per heavy atom. The highest BCUT2D eigenvalue weighted by Crippen LogP contribution is 2.35. The van der Waals surface area contributed by atoms with Crippen molar-refractivity contribution in [2.75, 3.05) is 5.75 Å². The molecule has 1 heterocycles. The molecule has 0 unspecified atom stereocenters. The number of thiazole rings is 1. The fourth-order valence-electron chi connectivity index (χ4n) is 2.16. The zero-order valence-electron chi connectivity index (χ0n) is 12.7. The molecule has 0 saturated carbocycles. The summed E-state index contributed by atoms with van der Waals surface area (Å²) in [5.41, 5.74) is 1.40. The lowest BCUT2D eigenvalue weighted by atomic mass is 10.2. The van der Waals surface area contributed by atoms with Gasteiger partial charge in [-0.2, -0.15) is 0 Å². The number of non-ortho nitro benzene ring substituents is 1. The monoisotopic (exact) mass is 371 g/mol. The molecule has 126 valence electrons. The molecule has 2 aromatic carbocycles. The topological polar surface area (TPSA) is 96.2 Å². The maximum atomic E-state index is 10.9. The summed E-state index contributed by atoms with van der Waals surface area (Å²) in [6.45, 7) is 0. The molecule has 0 aliphatic rings. The summed E-state index contributed by atoms with van der Waals surface area (Å²) in [4.78, 5) is 26.5. The van der Waals surface area contributed by atoms with Gasteiger partial charge >= 0.3 is 0 Å². The summed E-state index contributed by atoms with van der Waals surface area (Å²) >= 11 is 2.52. The number of carbonyl (C=O) groups excluding carboxylic acids is 1. The second kappa shape index (κ2) is 7.45. The second-order valence-corrected chi connectivity index (χ2v) is 7.06. The molecule has 1 aromatic heterocycles. The van der Waals surface area contributed by atoms with E-state index in [0.29, 0.717) is 15.5 Å². The minimum atomic E-state index is -1.18. The number of rotatable bonds is 6. The Bertz CT molecular complexity index is 948. The highest BCUT2D eigenvalue weighted by molar-refractivity contribution is 8.09. The van der Waals surface area contributed by atoms with Gasteiger partial charge in [0.1, 0.15) is 5.01 Å². The van der Waals surface area contributed by atoms with Crippen LogP contribution in [-0.4, -0.2) is 21.6 Å². The summed E-state index contributed by atoms with van der Waals surface area (Å²) in [5.74, 6) is -1.41. The lowest BCUT2D eigenvalue weighted by Gasteiger charge is -2.05. The number of hydrogen-bond donors (Lipinski definition) is 0. The number of hydrogen-bond acceptors (Lipinski definition) is 7.